The van der Waals surface area contributed by atoms with Crippen molar-refractivity contribution in [3.05, 3.63) is 24.3 Å². The highest BCUT2D eigenvalue weighted by atomic mass is 32.2. The number of nitrogens with one attached hydrogen (secondary N) is 2. The summed E-state index contributed by atoms with van der Waals surface area (Å²) in [6.07, 6.45) is 3.53. The summed E-state index contributed by atoms with van der Waals surface area (Å²) >= 11 is 2.85. The number of anilines is 2. The van der Waals surface area contributed by atoms with E-state index in [1.54, 1.807) is 7.11 Å². The predicted molar refractivity (Wildman–Crippen MR) is 111 cm³/mol. The number of rotatable bonds is 7. The maximum Gasteiger partial charge on any atom is 0.230 e. The van der Waals surface area contributed by atoms with Crippen LogP contribution in [0.25, 0.3) is 0 Å². The van der Waals surface area contributed by atoms with Gasteiger partial charge in [-0.2, -0.15) is 0 Å². The standard InChI is InChI=1S/C19H26N4O2S2/c1-12-7-6-9-14(13(12)2)20-17(24)11-26-19-23-22-18(27-19)21-15-8-4-5-10-16(15)25-3/h4-5,8,10,12-14H,6-7,9,11H2,1-3H3,(H,20,24)(H,21,22)/t12-,13-,14-/m1/s1. The summed E-state index contributed by atoms with van der Waals surface area (Å²) in [5.41, 5.74) is 0.839. The minimum atomic E-state index is 0.0698. The third kappa shape index (κ3) is 5.35. The van der Waals surface area contributed by atoms with Crippen molar-refractivity contribution in [2.75, 3.05) is 18.2 Å². The number of aromatic nitrogens is 2. The fourth-order valence-corrected chi connectivity index (χ4v) is 4.92. The monoisotopic (exact) mass is 406 g/mol. The molecule has 3 rings (SSSR count). The molecule has 0 saturated heterocycles. The van der Waals surface area contributed by atoms with Crippen LogP contribution in [0.2, 0.25) is 0 Å². The van der Waals surface area contributed by atoms with Gasteiger partial charge in [0.15, 0.2) is 4.34 Å². The van der Waals surface area contributed by atoms with Gasteiger partial charge in [0.2, 0.25) is 11.0 Å². The largest absolute Gasteiger partial charge is 0.495 e. The summed E-state index contributed by atoms with van der Waals surface area (Å²) in [4.78, 5) is 12.3. The molecule has 0 spiro atoms. The van der Waals surface area contributed by atoms with Crippen LogP contribution in [0.3, 0.4) is 0 Å². The molecule has 1 amide bonds. The Kier molecular flexibility index (Phi) is 6.95. The molecular weight excluding hydrogens is 380 g/mol. The number of hydrogen-bond donors (Lipinski definition) is 2. The van der Waals surface area contributed by atoms with Gasteiger partial charge in [0.05, 0.1) is 18.6 Å². The maximum atomic E-state index is 12.3. The summed E-state index contributed by atoms with van der Waals surface area (Å²) in [7, 11) is 1.63. The third-order valence-electron chi connectivity index (χ3n) is 5.13. The van der Waals surface area contributed by atoms with Gasteiger partial charge in [0.25, 0.3) is 0 Å². The third-order valence-corrected chi connectivity index (χ3v) is 7.11. The van der Waals surface area contributed by atoms with E-state index in [-0.39, 0.29) is 5.91 Å². The predicted octanol–water partition coefficient (Wildman–Crippen LogP) is 4.32. The van der Waals surface area contributed by atoms with Crippen molar-refractivity contribution in [3.63, 3.8) is 0 Å². The normalized spacial score (nSPS) is 22.3. The highest BCUT2D eigenvalue weighted by Gasteiger charge is 2.28. The Labute approximate surface area is 168 Å². The number of thioether (sulfide) groups is 1. The molecule has 1 fully saturated rings. The fourth-order valence-electron chi connectivity index (χ4n) is 3.34. The van der Waals surface area contributed by atoms with Crippen molar-refractivity contribution in [3.8, 4) is 5.75 Å². The molecule has 0 unspecified atom stereocenters. The van der Waals surface area contributed by atoms with E-state index < -0.39 is 0 Å². The van der Waals surface area contributed by atoms with Gasteiger partial charge in [0, 0.05) is 6.04 Å². The van der Waals surface area contributed by atoms with Gasteiger partial charge in [-0.05, 0) is 30.4 Å². The lowest BCUT2D eigenvalue weighted by molar-refractivity contribution is -0.119. The van der Waals surface area contributed by atoms with E-state index in [0.29, 0.717) is 28.8 Å². The summed E-state index contributed by atoms with van der Waals surface area (Å²) in [6, 6.07) is 7.94. The Balaban J connectivity index is 1.50. The average molecular weight is 407 g/mol. The second-order valence-corrected chi connectivity index (χ2v) is 9.13. The van der Waals surface area contributed by atoms with Gasteiger partial charge in [-0.25, -0.2) is 0 Å². The maximum absolute atomic E-state index is 12.3. The Hall–Kier alpha value is -1.80. The number of ether oxygens (including phenoxy) is 1. The molecule has 1 heterocycles. The Bertz CT molecular complexity index is 768. The number of carbonyl (C=O) groups excluding carboxylic acids is 1. The first-order valence-electron chi connectivity index (χ1n) is 9.22. The van der Waals surface area contributed by atoms with Crippen LogP contribution < -0.4 is 15.4 Å². The molecule has 1 aliphatic rings. The van der Waals surface area contributed by atoms with Crippen LogP contribution in [-0.2, 0) is 4.79 Å². The smallest absolute Gasteiger partial charge is 0.230 e. The SMILES string of the molecule is COc1ccccc1Nc1nnc(SCC(=O)N[C@@H]2CCC[C@@H](C)[C@H]2C)s1. The number of amides is 1. The van der Waals surface area contributed by atoms with Crippen LogP contribution in [0.15, 0.2) is 28.6 Å². The zero-order valence-corrected chi connectivity index (χ0v) is 17.5. The first-order valence-corrected chi connectivity index (χ1v) is 11.0. The Morgan fingerprint density at radius 1 is 1.30 bits per heavy atom. The van der Waals surface area contributed by atoms with Crippen LogP contribution in [0, 0.1) is 11.8 Å². The summed E-state index contributed by atoms with van der Waals surface area (Å²) < 4.78 is 6.10. The molecule has 0 aliphatic heterocycles. The first kappa shape index (κ1) is 19.9. The fraction of sp³-hybridized carbons (Fsp3) is 0.526. The molecule has 146 valence electrons. The Morgan fingerprint density at radius 3 is 2.93 bits per heavy atom. The lowest BCUT2D eigenvalue weighted by atomic mass is 9.78. The molecule has 27 heavy (non-hydrogen) atoms. The van der Waals surface area contributed by atoms with Crippen molar-refractivity contribution < 1.29 is 9.53 Å². The van der Waals surface area contributed by atoms with Crippen molar-refractivity contribution in [1.29, 1.82) is 0 Å². The van der Waals surface area contributed by atoms with Crippen molar-refractivity contribution in [1.82, 2.24) is 15.5 Å². The van der Waals surface area contributed by atoms with E-state index in [2.05, 4.69) is 34.7 Å². The molecule has 0 bridgehead atoms. The Morgan fingerprint density at radius 2 is 2.11 bits per heavy atom. The van der Waals surface area contributed by atoms with E-state index >= 15 is 0 Å². The minimum Gasteiger partial charge on any atom is -0.495 e. The zero-order chi connectivity index (χ0) is 19.2. The molecule has 2 aromatic rings. The summed E-state index contributed by atoms with van der Waals surface area (Å²) in [6.45, 7) is 4.51. The van der Waals surface area contributed by atoms with E-state index in [4.69, 9.17) is 4.74 Å². The minimum absolute atomic E-state index is 0.0698. The van der Waals surface area contributed by atoms with E-state index in [1.807, 2.05) is 24.3 Å². The second kappa shape index (κ2) is 9.41. The van der Waals surface area contributed by atoms with Gasteiger partial charge in [-0.1, -0.05) is 61.9 Å². The van der Waals surface area contributed by atoms with Crippen LogP contribution >= 0.6 is 23.1 Å². The van der Waals surface area contributed by atoms with E-state index in [0.717, 1.165) is 22.2 Å². The summed E-state index contributed by atoms with van der Waals surface area (Å²) in [5, 5.41) is 15.4. The number of benzene rings is 1. The molecular formula is C19H26N4O2S2. The molecule has 8 heteroatoms. The molecule has 0 radical (unpaired) electrons. The van der Waals surface area contributed by atoms with E-state index in [1.165, 1.54) is 35.9 Å². The number of methoxy groups -OCH3 is 1. The lowest BCUT2D eigenvalue weighted by Gasteiger charge is -2.34. The van der Waals surface area contributed by atoms with Gasteiger partial charge in [-0.3, -0.25) is 4.79 Å². The molecule has 1 aromatic heterocycles. The highest BCUT2D eigenvalue weighted by molar-refractivity contribution is 8.01. The van der Waals surface area contributed by atoms with Crippen LogP contribution in [0.5, 0.6) is 5.75 Å². The lowest BCUT2D eigenvalue weighted by Crippen LogP contribution is -2.44. The van der Waals surface area contributed by atoms with Crippen molar-refractivity contribution in [2.45, 2.75) is 43.5 Å². The van der Waals surface area contributed by atoms with Gasteiger partial charge in [0.1, 0.15) is 5.75 Å². The van der Waals surface area contributed by atoms with Crippen molar-refractivity contribution in [2.24, 2.45) is 11.8 Å². The number of para-hydroxylation sites is 2. The average Bonchev–Trinajstić information content (AvgIpc) is 3.12. The van der Waals surface area contributed by atoms with Crippen LogP contribution in [-0.4, -0.2) is 35.0 Å². The number of nitrogens with zero attached hydrogens (tertiary/aromatic N) is 2. The van der Waals surface area contributed by atoms with Gasteiger partial charge >= 0.3 is 0 Å². The van der Waals surface area contributed by atoms with E-state index in [9.17, 15) is 4.79 Å². The molecule has 1 saturated carbocycles. The van der Waals surface area contributed by atoms with Crippen LogP contribution in [0.1, 0.15) is 33.1 Å². The van der Waals surface area contributed by atoms with Crippen molar-refractivity contribution >= 4 is 39.8 Å². The van der Waals surface area contributed by atoms with Gasteiger partial charge < -0.3 is 15.4 Å². The molecule has 6 nitrogen and oxygen atoms in total. The highest BCUT2D eigenvalue weighted by Crippen LogP contribution is 2.32. The molecule has 1 aromatic carbocycles. The first-order chi connectivity index (χ1) is 13.1. The summed E-state index contributed by atoms with van der Waals surface area (Å²) in [5.74, 6) is 2.38. The molecule has 3 atom stereocenters. The molecule has 1 aliphatic carbocycles. The van der Waals surface area contributed by atoms with Crippen LogP contribution in [0.4, 0.5) is 10.8 Å². The topological polar surface area (TPSA) is 76.1 Å². The quantitative estimate of drug-likeness (QED) is 0.667. The zero-order valence-electron chi connectivity index (χ0n) is 15.9. The number of carbonyl (C=O) groups is 1. The number of hydrogen-bond acceptors (Lipinski definition) is 7. The second-order valence-electron chi connectivity index (χ2n) is 6.93. The van der Waals surface area contributed by atoms with Gasteiger partial charge in [-0.15, -0.1) is 10.2 Å². The molecule has 2 N–H and O–H groups in total.